The van der Waals surface area contributed by atoms with E-state index in [1.807, 2.05) is 27.7 Å². The van der Waals surface area contributed by atoms with Crippen molar-refractivity contribution in [3.05, 3.63) is 23.8 Å². The number of rotatable bonds is 17. The molecule has 0 aliphatic heterocycles. The van der Waals surface area contributed by atoms with Gasteiger partial charge >= 0.3 is 24.4 Å². The number of hydrogen-bond donors (Lipinski definition) is 2. The van der Waals surface area contributed by atoms with Crippen LogP contribution in [0.3, 0.4) is 0 Å². The Bertz CT molecular complexity index is 1010. The van der Waals surface area contributed by atoms with Crippen molar-refractivity contribution in [3.8, 4) is 11.5 Å². The summed E-state index contributed by atoms with van der Waals surface area (Å²) >= 11 is 0. The van der Waals surface area contributed by atoms with Crippen molar-refractivity contribution < 1.29 is 52.7 Å². The lowest BCUT2D eigenvalue weighted by molar-refractivity contribution is -0.139. The lowest BCUT2D eigenvalue weighted by atomic mass is 9.82. The Morgan fingerprint density at radius 2 is 1.33 bits per heavy atom. The highest BCUT2D eigenvalue weighted by molar-refractivity contribution is 5.75. The lowest BCUT2D eigenvalue weighted by Crippen LogP contribution is -2.40. The summed E-state index contributed by atoms with van der Waals surface area (Å²) in [4.78, 5) is 48.9. The molecule has 1 aromatic rings. The Kier molecular flexibility index (Phi) is 16.3. The summed E-state index contributed by atoms with van der Waals surface area (Å²) in [5, 5.41) is 9.72. The van der Waals surface area contributed by atoms with E-state index in [9.17, 15) is 24.3 Å². The molecule has 0 aliphatic carbocycles. The molecule has 0 heterocycles. The molecule has 5 atom stereocenters. The zero-order valence-corrected chi connectivity index (χ0v) is 25.8. The number of carbonyl (C=O) groups excluding carboxylic acids is 3. The van der Waals surface area contributed by atoms with Crippen LogP contribution in [0.1, 0.15) is 92.1 Å². The molecule has 0 amide bonds. The van der Waals surface area contributed by atoms with Crippen LogP contribution in [0.25, 0.3) is 0 Å². The normalized spacial score (nSPS) is 14.6. The number of carboxylic acids is 1. The Balaban J connectivity index is 3.28. The fourth-order valence-corrected chi connectivity index (χ4v) is 4.15. The number of hydrogen-bond acceptors (Lipinski definition) is 11. The van der Waals surface area contributed by atoms with Gasteiger partial charge in [-0.15, -0.1) is 0 Å². The van der Waals surface area contributed by atoms with Crippen LogP contribution in [0.2, 0.25) is 0 Å². The molecule has 0 radical (unpaired) electrons. The molecule has 0 spiro atoms. The van der Waals surface area contributed by atoms with E-state index in [1.54, 1.807) is 20.8 Å². The first-order valence-corrected chi connectivity index (χ1v) is 14.5. The maximum absolute atomic E-state index is 12.6. The van der Waals surface area contributed by atoms with Crippen LogP contribution in [0.15, 0.2) is 18.2 Å². The summed E-state index contributed by atoms with van der Waals surface area (Å²) < 4.78 is 31.5. The summed E-state index contributed by atoms with van der Waals surface area (Å²) in [6.07, 6.45) is -0.281. The third-order valence-corrected chi connectivity index (χ3v) is 6.39. The van der Waals surface area contributed by atoms with Gasteiger partial charge in [-0.3, -0.25) is 4.79 Å². The molecule has 12 heteroatoms. The van der Waals surface area contributed by atoms with Crippen molar-refractivity contribution in [2.24, 2.45) is 17.6 Å². The van der Waals surface area contributed by atoms with E-state index in [-0.39, 0.29) is 24.7 Å². The molecule has 238 valence electrons. The highest BCUT2D eigenvalue weighted by Gasteiger charge is 2.33. The topological polar surface area (TPSA) is 170 Å². The molecular formula is C30H47NO11. The Morgan fingerprint density at radius 3 is 1.83 bits per heavy atom. The first-order valence-electron chi connectivity index (χ1n) is 14.5. The van der Waals surface area contributed by atoms with E-state index in [1.165, 1.54) is 18.2 Å². The van der Waals surface area contributed by atoms with Crippen LogP contribution in [-0.4, -0.2) is 61.0 Å². The Hall–Kier alpha value is -3.54. The molecule has 0 aromatic heterocycles. The van der Waals surface area contributed by atoms with E-state index in [0.29, 0.717) is 30.7 Å². The van der Waals surface area contributed by atoms with Crippen LogP contribution in [-0.2, 0) is 23.7 Å². The standard InChI is InChI=1S/C30H47NO11/c1-8-10-20(6)39-29(35)41-23-13-12-22(16-24(23)42-30(36)40-21(7)11-9-2)25(26(31)27(32)33)19(5)17-38-28(34)37-15-14-18(3)4/h12-13,16,18-21,25-26H,8-11,14-15,17,31H2,1-7H3,(H,32,33)/t19?,20?,21?,25?,26-/m0/s1. The second-order valence-corrected chi connectivity index (χ2v) is 10.8. The third-order valence-electron chi connectivity index (χ3n) is 6.39. The van der Waals surface area contributed by atoms with Crippen molar-refractivity contribution in [2.45, 2.75) is 105 Å². The van der Waals surface area contributed by atoms with Gasteiger partial charge in [-0.1, -0.05) is 53.5 Å². The van der Waals surface area contributed by atoms with Crippen LogP contribution in [0, 0.1) is 11.8 Å². The fraction of sp³-hybridized carbons (Fsp3) is 0.667. The molecule has 4 unspecified atom stereocenters. The highest BCUT2D eigenvalue weighted by Crippen LogP contribution is 2.36. The molecule has 1 rings (SSSR count). The maximum atomic E-state index is 12.6. The van der Waals surface area contributed by atoms with E-state index >= 15 is 0 Å². The molecule has 3 N–H and O–H groups in total. The summed E-state index contributed by atoms with van der Waals surface area (Å²) in [5.74, 6) is -2.82. The Morgan fingerprint density at radius 1 is 0.786 bits per heavy atom. The van der Waals surface area contributed by atoms with Gasteiger partial charge in [0.15, 0.2) is 11.5 Å². The van der Waals surface area contributed by atoms with Crippen LogP contribution >= 0.6 is 0 Å². The second kappa shape index (κ2) is 18.8. The zero-order chi connectivity index (χ0) is 31.8. The molecule has 12 nitrogen and oxygen atoms in total. The van der Waals surface area contributed by atoms with Gasteiger partial charge in [0.2, 0.25) is 0 Å². The summed E-state index contributed by atoms with van der Waals surface area (Å²) in [6.45, 7) is 13.0. The van der Waals surface area contributed by atoms with Gasteiger partial charge < -0.3 is 39.3 Å². The molecule has 0 saturated heterocycles. The quantitative estimate of drug-likeness (QED) is 0.115. The van der Waals surface area contributed by atoms with Crippen LogP contribution < -0.4 is 15.2 Å². The van der Waals surface area contributed by atoms with E-state index in [2.05, 4.69) is 0 Å². The smallest absolute Gasteiger partial charge is 0.480 e. The van der Waals surface area contributed by atoms with Gasteiger partial charge in [0, 0.05) is 5.92 Å². The first kappa shape index (κ1) is 36.5. The number of nitrogens with two attached hydrogens (primary N) is 1. The molecule has 0 bridgehead atoms. The van der Waals surface area contributed by atoms with Crippen molar-refractivity contribution in [2.75, 3.05) is 13.2 Å². The molecule has 0 fully saturated rings. The average Bonchev–Trinajstić information content (AvgIpc) is 2.88. The van der Waals surface area contributed by atoms with E-state index in [0.717, 1.165) is 12.8 Å². The molecule has 42 heavy (non-hydrogen) atoms. The molecule has 0 saturated carbocycles. The molecule has 1 aromatic carbocycles. The number of benzene rings is 1. The Labute approximate surface area is 248 Å². The maximum Gasteiger partial charge on any atom is 0.514 e. The number of carbonyl (C=O) groups is 4. The summed E-state index contributed by atoms with van der Waals surface area (Å²) in [6, 6.07) is 2.75. The number of aliphatic carboxylic acids is 1. The fourth-order valence-electron chi connectivity index (χ4n) is 4.15. The van der Waals surface area contributed by atoms with Crippen molar-refractivity contribution in [1.29, 1.82) is 0 Å². The molecule has 0 aliphatic rings. The van der Waals surface area contributed by atoms with Crippen LogP contribution in [0.5, 0.6) is 11.5 Å². The predicted molar refractivity (Wildman–Crippen MR) is 154 cm³/mol. The molecular weight excluding hydrogens is 550 g/mol. The minimum absolute atomic E-state index is 0.146. The third kappa shape index (κ3) is 13.4. The number of ether oxygens (including phenoxy) is 6. The monoisotopic (exact) mass is 597 g/mol. The average molecular weight is 598 g/mol. The van der Waals surface area contributed by atoms with Gasteiger partial charge in [-0.25, -0.2) is 14.4 Å². The number of carboxylic acid groups (broad SMARTS) is 1. The zero-order valence-electron chi connectivity index (χ0n) is 25.8. The predicted octanol–water partition coefficient (Wildman–Crippen LogP) is 6.43. The van der Waals surface area contributed by atoms with Gasteiger partial charge in [-0.2, -0.15) is 0 Å². The van der Waals surface area contributed by atoms with Gasteiger partial charge in [0.05, 0.1) is 13.2 Å². The minimum Gasteiger partial charge on any atom is -0.480 e. The van der Waals surface area contributed by atoms with Crippen molar-refractivity contribution >= 4 is 24.4 Å². The highest BCUT2D eigenvalue weighted by atomic mass is 16.8. The second-order valence-electron chi connectivity index (χ2n) is 10.8. The minimum atomic E-state index is -1.42. The summed E-state index contributed by atoms with van der Waals surface area (Å²) in [7, 11) is 0. The lowest BCUT2D eigenvalue weighted by Gasteiger charge is -2.28. The summed E-state index contributed by atoms with van der Waals surface area (Å²) in [5.41, 5.74) is 6.39. The van der Waals surface area contributed by atoms with Gasteiger partial charge in [0.1, 0.15) is 18.2 Å². The van der Waals surface area contributed by atoms with Crippen molar-refractivity contribution in [3.63, 3.8) is 0 Å². The SMILES string of the molecule is CCCC(C)OC(=O)Oc1ccc(C(C(C)COC(=O)OCCC(C)C)[C@H](N)C(=O)O)cc1OC(=O)OC(C)CCC. The van der Waals surface area contributed by atoms with E-state index in [4.69, 9.17) is 34.2 Å². The van der Waals surface area contributed by atoms with E-state index < -0.39 is 54.5 Å². The van der Waals surface area contributed by atoms with Gasteiger partial charge in [-0.05, 0) is 62.6 Å². The largest absolute Gasteiger partial charge is 0.514 e. The van der Waals surface area contributed by atoms with Crippen LogP contribution in [0.4, 0.5) is 14.4 Å². The van der Waals surface area contributed by atoms with Crippen molar-refractivity contribution in [1.82, 2.24) is 0 Å². The first-order chi connectivity index (χ1) is 19.8. The van der Waals surface area contributed by atoms with Gasteiger partial charge in [0.25, 0.3) is 0 Å².